The van der Waals surface area contributed by atoms with Crippen molar-refractivity contribution < 1.29 is 28.5 Å². The van der Waals surface area contributed by atoms with Crippen molar-refractivity contribution >= 4 is 5.97 Å². The Morgan fingerprint density at radius 1 is 0.800 bits per heavy atom. The first-order valence-corrected chi connectivity index (χ1v) is 8.89. The van der Waals surface area contributed by atoms with E-state index < -0.39 is 0 Å². The first-order valence-electron chi connectivity index (χ1n) is 8.89. The van der Waals surface area contributed by atoms with Crippen LogP contribution >= 0.6 is 0 Å². The monoisotopic (exact) mass is 354 g/mol. The molecule has 0 fully saturated rings. The fraction of sp³-hybridized carbons (Fsp3) is 0.632. The second-order valence-electron chi connectivity index (χ2n) is 5.32. The third-order valence-electron chi connectivity index (χ3n) is 3.12. The van der Waals surface area contributed by atoms with Crippen LogP contribution in [-0.4, -0.2) is 58.8 Å². The molecule has 6 heteroatoms. The molecule has 0 amide bonds. The van der Waals surface area contributed by atoms with E-state index in [1.54, 1.807) is 0 Å². The summed E-state index contributed by atoms with van der Waals surface area (Å²) < 4.78 is 26.6. The van der Waals surface area contributed by atoms with Gasteiger partial charge in [-0.1, -0.05) is 25.1 Å². The van der Waals surface area contributed by atoms with Crippen LogP contribution in [0, 0.1) is 0 Å². The number of esters is 1. The second kappa shape index (κ2) is 15.9. The number of hydrogen-bond donors (Lipinski definition) is 0. The van der Waals surface area contributed by atoms with E-state index in [1.807, 2.05) is 30.3 Å². The van der Waals surface area contributed by atoms with Crippen LogP contribution in [0.15, 0.2) is 30.3 Å². The van der Waals surface area contributed by atoms with Crippen LogP contribution in [0.1, 0.15) is 26.2 Å². The Balaban J connectivity index is 1.81. The van der Waals surface area contributed by atoms with Crippen LogP contribution in [0.25, 0.3) is 0 Å². The second-order valence-corrected chi connectivity index (χ2v) is 5.32. The van der Waals surface area contributed by atoms with Crippen molar-refractivity contribution in [1.29, 1.82) is 0 Å². The van der Waals surface area contributed by atoms with Crippen molar-refractivity contribution in [3.63, 3.8) is 0 Å². The Labute approximate surface area is 150 Å². The van der Waals surface area contributed by atoms with Gasteiger partial charge in [-0.2, -0.15) is 0 Å². The summed E-state index contributed by atoms with van der Waals surface area (Å²) in [5, 5.41) is 0. The molecule has 0 aliphatic heterocycles. The maximum absolute atomic E-state index is 11.5. The predicted molar refractivity (Wildman–Crippen MR) is 94.9 cm³/mol. The molecule has 0 N–H and O–H groups in total. The summed E-state index contributed by atoms with van der Waals surface area (Å²) in [6.45, 7) is 6.15. The van der Waals surface area contributed by atoms with Gasteiger partial charge in [0.1, 0.15) is 12.4 Å². The molecule has 0 unspecified atom stereocenters. The van der Waals surface area contributed by atoms with E-state index >= 15 is 0 Å². The first-order chi connectivity index (χ1) is 12.3. The standard InChI is InChI=1S/C19H30O6/c1-2-10-21-12-13-22-14-15-23-16-17-25-19(20)9-6-11-24-18-7-4-3-5-8-18/h3-5,7-8H,2,6,9-17H2,1H3. The molecule has 1 aromatic carbocycles. The molecular weight excluding hydrogens is 324 g/mol. The Hall–Kier alpha value is -1.63. The van der Waals surface area contributed by atoms with E-state index in [9.17, 15) is 4.79 Å². The third kappa shape index (κ3) is 13.3. The molecule has 0 aliphatic rings. The summed E-state index contributed by atoms with van der Waals surface area (Å²) in [6.07, 6.45) is 1.98. The Morgan fingerprint density at radius 3 is 2.04 bits per heavy atom. The van der Waals surface area contributed by atoms with Gasteiger partial charge in [-0.15, -0.1) is 0 Å². The van der Waals surface area contributed by atoms with Crippen LogP contribution in [0.3, 0.4) is 0 Å². The molecular formula is C19H30O6. The Kier molecular flexibility index (Phi) is 13.6. The number of para-hydroxylation sites is 1. The molecule has 0 heterocycles. The topological polar surface area (TPSA) is 63.2 Å². The lowest BCUT2D eigenvalue weighted by Gasteiger charge is -2.08. The van der Waals surface area contributed by atoms with Gasteiger partial charge in [0.15, 0.2) is 0 Å². The quantitative estimate of drug-likeness (QED) is 0.336. The summed E-state index contributed by atoms with van der Waals surface area (Å²) in [6, 6.07) is 9.53. The number of carbonyl (C=O) groups is 1. The highest BCUT2D eigenvalue weighted by molar-refractivity contribution is 5.69. The number of carbonyl (C=O) groups excluding carboxylic acids is 1. The first kappa shape index (κ1) is 21.4. The van der Waals surface area contributed by atoms with Crippen molar-refractivity contribution in [2.45, 2.75) is 26.2 Å². The summed E-state index contributed by atoms with van der Waals surface area (Å²) in [4.78, 5) is 11.5. The molecule has 0 bridgehead atoms. The summed E-state index contributed by atoms with van der Waals surface area (Å²) in [7, 11) is 0. The smallest absolute Gasteiger partial charge is 0.305 e. The van der Waals surface area contributed by atoms with E-state index in [-0.39, 0.29) is 12.6 Å². The fourth-order valence-electron chi connectivity index (χ4n) is 1.90. The minimum Gasteiger partial charge on any atom is -0.494 e. The summed E-state index contributed by atoms with van der Waals surface area (Å²) in [5.74, 6) is 0.577. The van der Waals surface area contributed by atoms with Crippen molar-refractivity contribution in [3.8, 4) is 5.75 Å². The van der Waals surface area contributed by atoms with E-state index in [2.05, 4.69) is 6.92 Å². The van der Waals surface area contributed by atoms with Crippen molar-refractivity contribution in [2.24, 2.45) is 0 Å². The van der Waals surface area contributed by atoms with E-state index in [0.29, 0.717) is 52.5 Å². The van der Waals surface area contributed by atoms with Crippen molar-refractivity contribution in [1.82, 2.24) is 0 Å². The van der Waals surface area contributed by atoms with Gasteiger partial charge in [0.25, 0.3) is 0 Å². The fourth-order valence-corrected chi connectivity index (χ4v) is 1.90. The molecule has 25 heavy (non-hydrogen) atoms. The molecule has 0 atom stereocenters. The highest BCUT2D eigenvalue weighted by Crippen LogP contribution is 2.08. The van der Waals surface area contributed by atoms with Crippen LogP contribution in [0.4, 0.5) is 0 Å². The van der Waals surface area contributed by atoms with E-state index in [4.69, 9.17) is 23.7 Å². The Bertz CT molecular complexity index is 423. The minimum atomic E-state index is -0.232. The van der Waals surface area contributed by atoms with Gasteiger partial charge in [-0.3, -0.25) is 4.79 Å². The Morgan fingerprint density at radius 2 is 1.40 bits per heavy atom. The van der Waals surface area contributed by atoms with Gasteiger partial charge in [0, 0.05) is 13.0 Å². The molecule has 0 spiro atoms. The van der Waals surface area contributed by atoms with Crippen molar-refractivity contribution in [2.75, 3.05) is 52.9 Å². The third-order valence-corrected chi connectivity index (χ3v) is 3.12. The number of benzene rings is 1. The number of rotatable bonds is 16. The lowest BCUT2D eigenvalue weighted by molar-refractivity contribution is -0.145. The van der Waals surface area contributed by atoms with Crippen LogP contribution in [0.5, 0.6) is 5.75 Å². The normalized spacial score (nSPS) is 10.6. The molecule has 6 nitrogen and oxygen atoms in total. The molecule has 142 valence electrons. The number of ether oxygens (including phenoxy) is 5. The number of hydrogen-bond acceptors (Lipinski definition) is 6. The van der Waals surface area contributed by atoms with Gasteiger partial charge in [-0.05, 0) is 25.0 Å². The van der Waals surface area contributed by atoms with Gasteiger partial charge in [-0.25, -0.2) is 0 Å². The van der Waals surface area contributed by atoms with Crippen LogP contribution in [-0.2, 0) is 23.7 Å². The molecule has 0 aliphatic carbocycles. The maximum Gasteiger partial charge on any atom is 0.305 e. The van der Waals surface area contributed by atoms with Gasteiger partial charge < -0.3 is 23.7 Å². The van der Waals surface area contributed by atoms with Gasteiger partial charge in [0.2, 0.25) is 0 Å². The average molecular weight is 354 g/mol. The van der Waals surface area contributed by atoms with E-state index in [0.717, 1.165) is 18.8 Å². The van der Waals surface area contributed by atoms with Gasteiger partial charge in [0.05, 0.1) is 39.6 Å². The molecule has 0 radical (unpaired) electrons. The zero-order chi connectivity index (χ0) is 18.0. The maximum atomic E-state index is 11.5. The summed E-state index contributed by atoms with van der Waals surface area (Å²) >= 11 is 0. The molecule has 1 rings (SSSR count). The summed E-state index contributed by atoms with van der Waals surface area (Å²) in [5.41, 5.74) is 0. The zero-order valence-electron chi connectivity index (χ0n) is 15.1. The van der Waals surface area contributed by atoms with E-state index in [1.165, 1.54) is 0 Å². The molecule has 1 aromatic rings. The average Bonchev–Trinajstić information content (AvgIpc) is 2.64. The van der Waals surface area contributed by atoms with Crippen molar-refractivity contribution in [3.05, 3.63) is 30.3 Å². The molecule has 0 aromatic heterocycles. The highest BCUT2D eigenvalue weighted by Gasteiger charge is 2.03. The van der Waals surface area contributed by atoms with Gasteiger partial charge >= 0.3 is 5.97 Å². The van der Waals surface area contributed by atoms with Crippen LogP contribution < -0.4 is 4.74 Å². The minimum absolute atomic E-state index is 0.232. The zero-order valence-corrected chi connectivity index (χ0v) is 15.1. The highest BCUT2D eigenvalue weighted by atomic mass is 16.6. The lowest BCUT2D eigenvalue weighted by atomic mass is 10.3. The molecule has 0 saturated carbocycles. The molecule has 0 saturated heterocycles. The largest absolute Gasteiger partial charge is 0.494 e. The van der Waals surface area contributed by atoms with Crippen LogP contribution in [0.2, 0.25) is 0 Å². The SMILES string of the molecule is CCCOCCOCCOCCOC(=O)CCCOc1ccccc1. The lowest BCUT2D eigenvalue weighted by Crippen LogP contribution is -2.14. The predicted octanol–water partition coefficient (Wildman–Crippen LogP) is 2.85.